The van der Waals surface area contributed by atoms with E-state index in [4.69, 9.17) is 5.73 Å². The SMILES string of the molecule is NC/C=C/CNC(=O)C1CCCCC1C(F)(F)F. The van der Waals surface area contributed by atoms with E-state index in [0.29, 0.717) is 25.8 Å². The summed E-state index contributed by atoms with van der Waals surface area (Å²) in [6, 6.07) is 0. The van der Waals surface area contributed by atoms with Gasteiger partial charge in [-0.2, -0.15) is 13.2 Å². The molecule has 1 aliphatic carbocycles. The number of rotatable bonds is 4. The zero-order valence-corrected chi connectivity index (χ0v) is 10.2. The molecule has 6 heteroatoms. The van der Waals surface area contributed by atoms with Crippen molar-refractivity contribution in [3.05, 3.63) is 12.2 Å². The van der Waals surface area contributed by atoms with Gasteiger partial charge in [0.25, 0.3) is 0 Å². The number of carbonyl (C=O) groups is 1. The van der Waals surface area contributed by atoms with Crippen LogP contribution in [-0.2, 0) is 4.79 Å². The molecule has 1 fully saturated rings. The van der Waals surface area contributed by atoms with E-state index < -0.39 is 23.9 Å². The highest BCUT2D eigenvalue weighted by Crippen LogP contribution is 2.41. The molecule has 104 valence electrons. The van der Waals surface area contributed by atoms with Crippen LogP contribution in [0.3, 0.4) is 0 Å². The second-order valence-corrected chi connectivity index (χ2v) is 4.49. The Balaban J connectivity index is 2.55. The standard InChI is InChI=1S/C12H19F3N2O/c13-12(14,15)10-6-2-1-5-9(10)11(18)17-8-4-3-7-16/h3-4,9-10H,1-2,5-8,16H2,(H,17,18)/b4-3+. The quantitative estimate of drug-likeness (QED) is 0.763. The molecule has 0 radical (unpaired) electrons. The molecule has 0 heterocycles. The summed E-state index contributed by atoms with van der Waals surface area (Å²) < 4.78 is 38.4. The van der Waals surface area contributed by atoms with E-state index in [1.165, 1.54) is 0 Å². The van der Waals surface area contributed by atoms with Crippen LogP contribution in [0.4, 0.5) is 13.2 Å². The van der Waals surface area contributed by atoms with Crippen molar-refractivity contribution in [2.45, 2.75) is 31.9 Å². The summed E-state index contributed by atoms with van der Waals surface area (Å²) in [4.78, 5) is 11.7. The van der Waals surface area contributed by atoms with Crippen LogP contribution >= 0.6 is 0 Å². The summed E-state index contributed by atoms with van der Waals surface area (Å²) in [6.07, 6.45) is 0.614. The van der Waals surface area contributed by atoms with Crippen LogP contribution in [0.5, 0.6) is 0 Å². The highest BCUT2D eigenvalue weighted by atomic mass is 19.4. The number of hydrogen-bond acceptors (Lipinski definition) is 2. The van der Waals surface area contributed by atoms with Crippen LogP contribution in [0, 0.1) is 11.8 Å². The van der Waals surface area contributed by atoms with Crippen LogP contribution in [0.2, 0.25) is 0 Å². The lowest BCUT2D eigenvalue weighted by Crippen LogP contribution is -2.42. The van der Waals surface area contributed by atoms with Crippen molar-refractivity contribution >= 4 is 5.91 Å². The minimum atomic E-state index is -4.28. The lowest BCUT2D eigenvalue weighted by Gasteiger charge is -2.31. The average Bonchev–Trinajstić information content (AvgIpc) is 2.33. The van der Waals surface area contributed by atoms with Gasteiger partial charge in [-0.15, -0.1) is 0 Å². The fourth-order valence-corrected chi connectivity index (χ4v) is 2.31. The van der Waals surface area contributed by atoms with Crippen molar-refractivity contribution in [2.75, 3.05) is 13.1 Å². The Morgan fingerprint density at radius 2 is 1.94 bits per heavy atom. The van der Waals surface area contributed by atoms with Crippen LogP contribution in [0.15, 0.2) is 12.2 Å². The Morgan fingerprint density at radius 1 is 1.28 bits per heavy atom. The zero-order valence-electron chi connectivity index (χ0n) is 10.2. The molecule has 1 saturated carbocycles. The van der Waals surface area contributed by atoms with Gasteiger partial charge in [0.1, 0.15) is 0 Å². The summed E-state index contributed by atoms with van der Waals surface area (Å²) in [7, 11) is 0. The smallest absolute Gasteiger partial charge is 0.352 e. The van der Waals surface area contributed by atoms with Crippen LogP contribution in [0.1, 0.15) is 25.7 Å². The van der Waals surface area contributed by atoms with Crippen molar-refractivity contribution in [3.8, 4) is 0 Å². The summed E-state index contributed by atoms with van der Waals surface area (Å²) in [5, 5.41) is 2.51. The van der Waals surface area contributed by atoms with Gasteiger partial charge >= 0.3 is 6.18 Å². The van der Waals surface area contributed by atoms with Gasteiger partial charge in [0.2, 0.25) is 5.91 Å². The van der Waals surface area contributed by atoms with Gasteiger partial charge in [0.05, 0.1) is 5.92 Å². The summed E-state index contributed by atoms with van der Waals surface area (Å²) in [5.74, 6) is -2.94. The first-order valence-electron chi connectivity index (χ1n) is 6.16. The molecular weight excluding hydrogens is 245 g/mol. The maximum Gasteiger partial charge on any atom is 0.392 e. The Morgan fingerprint density at radius 3 is 2.56 bits per heavy atom. The van der Waals surface area contributed by atoms with Crippen molar-refractivity contribution in [1.82, 2.24) is 5.32 Å². The highest BCUT2D eigenvalue weighted by molar-refractivity contribution is 5.79. The van der Waals surface area contributed by atoms with Gasteiger partial charge in [0.15, 0.2) is 0 Å². The number of amides is 1. The third-order valence-corrected chi connectivity index (χ3v) is 3.22. The van der Waals surface area contributed by atoms with Gasteiger partial charge < -0.3 is 11.1 Å². The van der Waals surface area contributed by atoms with Crippen molar-refractivity contribution in [1.29, 1.82) is 0 Å². The van der Waals surface area contributed by atoms with E-state index in [1.54, 1.807) is 12.2 Å². The molecule has 0 aliphatic heterocycles. The molecule has 2 unspecified atom stereocenters. The number of nitrogens with two attached hydrogens (primary N) is 1. The Hall–Kier alpha value is -1.04. The molecule has 1 amide bonds. The van der Waals surface area contributed by atoms with Crippen molar-refractivity contribution in [2.24, 2.45) is 17.6 Å². The van der Waals surface area contributed by atoms with E-state index in [0.717, 1.165) is 0 Å². The molecule has 3 N–H and O–H groups in total. The minimum Gasteiger partial charge on any atom is -0.352 e. The van der Waals surface area contributed by atoms with Crippen molar-refractivity contribution < 1.29 is 18.0 Å². The van der Waals surface area contributed by atoms with E-state index in [9.17, 15) is 18.0 Å². The van der Waals surface area contributed by atoms with Gasteiger partial charge in [-0.3, -0.25) is 4.79 Å². The molecule has 1 rings (SSSR count). The van der Waals surface area contributed by atoms with Gasteiger partial charge in [-0.05, 0) is 12.8 Å². The molecular formula is C12H19F3N2O. The van der Waals surface area contributed by atoms with Crippen LogP contribution in [-0.4, -0.2) is 25.2 Å². The van der Waals surface area contributed by atoms with E-state index >= 15 is 0 Å². The molecule has 18 heavy (non-hydrogen) atoms. The van der Waals surface area contributed by atoms with Gasteiger partial charge in [0, 0.05) is 19.0 Å². The molecule has 0 saturated heterocycles. The topological polar surface area (TPSA) is 55.1 Å². The lowest BCUT2D eigenvalue weighted by atomic mass is 9.78. The molecule has 3 nitrogen and oxygen atoms in total. The number of nitrogens with one attached hydrogen (secondary N) is 1. The van der Waals surface area contributed by atoms with Crippen molar-refractivity contribution in [3.63, 3.8) is 0 Å². The largest absolute Gasteiger partial charge is 0.392 e. The Kier molecular flexibility index (Phi) is 5.65. The maximum atomic E-state index is 12.8. The average molecular weight is 264 g/mol. The molecule has 0 spiro atoms. The lowest BCUT2D eigenvalue weighted by molar-refractivity contribution is -0.198. The number of carbonyl (C=O) groups excluding carboxylic acids is 1. The number of alkyl halides is 3. The molecule has 0 aromatic carbocycles. The summed E-state index contributed by atoms with van der Waals surface area (Å²) >= 11 is 0. The second kappa shape index (κ2) is 6.78. The maximum absolute atomic E-state index is 12.8. The number of halogens is 3. The first kappa shape index (κ1) is 15.0. The zero-order chi connectivity index (χ0) is 13.6. The van der Waals surface area contributed by atoms with E-state index in [2.05, 4.69) is 5.32 Å². The van der Waals surface area contributed by atoms with Crippen LogP contribution < -0.4 is 11.1 Å². The summed E-state index contributed by atoms with van der Waals surface area (Å²) in [5.41, 5.74) is 5.22. The molecule has 0 aromatic heterocycles. The van der Waals surface area contributed by atoms with E-state index in [-0.39, 0.29) is 13.0 Å². The normalized spacial score (nSPS) is 25.3. The molecule has 0 aromatic rings. The molecule has 2 atom stereocenters. The third-order valence-electron chi connectivity index (χ3n) is 3.22. The fraction of sp³-hybridized carbons (Fsp3) is 0.750. The predicted molar refractivity (Wildman–Crippen MR) is 62.7 cm³/mol. The Bertz CT molecular complexity index is 302. The monoisotopic (exact) mass is 264 g/mol. The van der Waals surface area contributed by atoms with Crippen LogP contribution in [0.25, 0.3) is 0 Å². The first-order valence-corrected chi connectivity index (χ1v) is 6.16. The third kappa shape index (κ3) is 4.33. The summed E-state index contributed by atoms with van der Waals surface area (Å²) in [6.45, 7) is 0.585. The first-order chi connectivity index (χ1) is 8.46. The van der Waals surface area contributed by atoms with Gasteiger partial charge in [-0.1, -0.05) is 25.0 Å². The molecule has 0 bridgehead atoms. The number of hydrogen-bond donors (Lipinski definition) is 2. The minimum absolute atomic E-state index is 0.0558. The fourth-order valence-electron chi connectivity index (χ4n) is 2.31. The second-order valence-electron chi connectivity index (χ2n) is 4.49. The van der Waals surface area contributed by atoms with Gasteiger partial charge in [-0.25, -0.2) is 0 Å². The predicted octanol–water partition coefficient (Wildman–Crippen LogP) is 1.99. The Labute approximate surface area is 105 Å². The highest BCUT2D eigenvalue weighted by Gasteiger charge is 2.47. The van der Waals surface area contributed by atoms with E-state index in [1.807, 2.05) is 0 Å². The molecule has 1 aliphatic rings.